The molecule has 0 saturated heterocycles. The topological polar surface area (TPSA) is 58.6 Å². The number of methoxy groups -OCH3 is 1. The molecule has 4 nitrogen and oxygen atoms in total. The molecule has 1 amide bonds. The van der Waals surface area contributed by atoms with E-state index in [9.17, 15) is 9.90 Å². The number of halogens is 1. The Labute approximate surface area is 130 Å². The zero-order chi connectivity index (χ0) is 14.5. The Balaban J connectivity index is 2.01. The SMILES string of the molecule is COc1cc(CNC(=O)c2ccc(I)cc2)ccc1O. The van der Waals surface area contributed by atoms with Crippen LogP contribution in [0.2, 0.25) is 0 Å². The van der Waals surface area contributed by atoms with E-state index in [0.717, 1.165) is 9.13 Å². The fourth-order valence-electron chi connectivity index (χ4n) is 1.72. The number of hydrogen-bond acceptors (Lipinski definition) is 3. The smallest absolute Gasteiger partial charge is 0.251 e. The number of carbonyl (C=O) groups is 1. The molecule has 2 aromatic rings. The van der Waals surface area contributed by atoms with Crippen LogP contribution < -0.4 is 10.1 Å². The van der Waals surface area contributed by atoms with Crippen molar-refractivity contribution in [1.29, 1.82) is 0 Å². The summed E-state index contributed by atoms with van der Waals surface area (Å²) in [6.45, 7) is 0.376. The second-order valence-corrected chi connectivity index (χ2v) is 5.44. The summed E-state index contributed by atoms with van der Waals surface area (Å²) in [5.74, 6) is 0.347. The standard InChI is InChI=1S/C15H14INO3/c1-20-14-8-10(2-7-13(14)18)9-17-15(19)11-3-5-12(16)6-4-11/h2-8,18H,9H2,1H3,(H,17,19). The first-order valence-corrected chi connectivity index (χ1v) is 7.07. The molecular formula is C15H14INO3. The average Bonchev–Trinajstić information content (AvgIpc) is 2.46. The Hall–Kier alpha value is -1.76. The van der Waals surface area contributed by atoms with Gasteiger partial charge in [0.15, 0.2) is 11.5 Å². The highest BCUT2D eigenvalue weighted by atomic mass is 127. The molecular weight excluding hydrogens is 369 g/mol. The Kier molecular flexibility index (Phi) is 4.84. The van der Waals surface area contributed by atoms with Crippen molar-refractivity contribution in [2.24, 2.45) is 0 Å². The molecule has 0 atom stereocenters. The number of amides is 1. The molecule has 0 aliphatic heterocycles. The Morgan fingerprint density at radius 2 is 1.95 bits per heavy atom. The summed E-state index contributed by atoms with van der Waals surface area (Å²) >= 11 is 2.19. The predicted octanol–water partition coefficient (Wildman–Crippen LogP) is 2.94. The lowest BCUT2D eigenvalue weighted by Crippen LogP contribution is -2.22. The van der Waals surface area contributed by atoms with Gasteiger partial charge in [-0.2, -0.15) is 0 Å². The van der Waals surface area contributed by atoms with Gasteiger partial charge < -0.3 is 15.2 Å². The molecule has 5 heteroatoms. The van der Waals surface area contributed by atoms with E-state index in [1.54, 1.807) is 30.3 Å². The van der Waals surface area contributed by atoms with Gasteiger partial charge in [-0.15, -0.1) is 0 Å². The van der Waals surface area contributed by atoms with Gasteiger partial charge in [0.25, 0.3) is 5.91 Å². The lowest BCUT2D eigenvalue weighted by atomic mass is 10.2. The van der Waals surface area contributed by atoms with Gasteiger partial charge in [-0.3, -0.25) is 4.79 Å². The Morgan fingerprint density at radius 3 is 2.60 bits per heavy atom. The van der Waals surface area contributed by atoms with Gasteiger partial charge in [-0.05, 0) is 64.6 Å². The maximum Gasteiger partial charge on any atom is 0.251 e. The highest BCUT2D eigenvalue weighted by Gasteiger charge is 2.06. The van der Waals surface area contributed by atoms with Crippen LogP contribution in [0.5, 0.6) is 11.5 Å². The van der Waals surface area contributed by atoms with E-state index in [-0.39, 0.29) is 11.7 Å². The minimum absolute atomic E-state index is 0.0835. The van der Waals surface area contributed by atoms with Crippen molar-refractivity contribution in [3.63, 3.8) is 0 Å². The zero-order valence-corrected chi connectivity index (χ0v) is 13.0. The third-order valence-corrected chi connectivity index (χ3v) is 3.52. The summed E-state index contributed by atoms with van der Waals surface area (Å²) < 4.78 is 6.11. The maximum absolute atomic E-state index is 12.0. The molecule has 20 heavy (non-hydrogen) atoms. The third kappa shape index (κ3) is 3.63. The molecule has 0 radical (unpaired) electrons. The van der Waals surface area contributed by atoms with Crippen LogP contribution >= 0.6 is 22.6 Å². The van der Waals surface area contributed by atoms with Gasteiger partial charge in [0.2, 0.25) is 0 Å². The Morgan fingerprint density at radius 1 is 1.25 bits per heavy atom. The highest BCUT2D eigenvalue weighted by Crippen LogP contribution is 2.26. The summed E-state index contributed by atoms with van der Waals surface area (Å²) in [7, 11) is 1.49. The van der Waals surface area contributed by atoms with Crippen molar-refractivity contribution in [3.05, 3.63) is 57.2 Å². The molecule has 0 fully saturated rings. The van der Waals surface area contributed by atoms with Gasteiger partial charge >= 0.3 is 0 Å². The number of nitrogens with one attached hydrogen (secondary N) is 1. The molecule has 0 aliphatic rings. The monoisotopic (exact) mass is 383 g/mol. The fourth-order valence-corrected chi connectivity index (χ4v) is 2.08. The first-order chi connectivity index (χ1) is 9.60. The zero-order valence-electron chi connectivity index (χ0n) is 10.9. The van der Waals surface area contributed by atoms with Crippen LogP contribution in [0.1, 0.15) is 15.9 Å². The van der Waals surface area contributed by atoms with Crippen molar-refractivity contribution in [1.82, 2.24) is 5.32 Å². The summed E-state index contributed by atoms with van der Waals surface area (Å²) in [6, 6.07) is 12.3. The first kappa shape index (κ1) is 14.6. The number of benzene rings is 2. The molecule has 2 rings (SSSR count). The van der Waals surface area contributed by atoms with Gasteiger partial charge in [0.1, 0.15) is 0 Å². The van der Waals surface area contributed by atoms with E-state index >= 15 is 0 Å². The molecule has 2 aromatic carbocycles. The molecule has 0 saturated carbocycles. The lowest BCUT2D eigenvalue weighted by Gasteiger charge is -2.08. The van der Waals surface area contributed by atoms with Crippen LogP contribution in [0.15, 0.2) is 42.5 Å². The van der Waals surface area contributed by atoms with Gasteiger partial charge in [-0.1, -0.05) is 6.07 Å². The summed E-state index contributed by atoms with van der Waals surface area (Å²) in [5, 5.41) is 12.3. The second-order valence-electron chi connectivity index (χ2n) is 4.20. The van der Waals surface area contributed by atoms with Crippen molar-refractivity contribution in [3.8, 4) is 11.5 Å². The minimum Gasteiger partial charge on any atom is -0.504 e. The lowest BCUT2D eigenvalue weighted by molar-refractivity contribution is 0.0951. The van der Waals surface area contributed by atoms with Crippen molar-refractivity contribution < 1.29 is 14.6 Å². The van der Waals surface area contributed by atoms with E-state index in [2.05, 4.69) is 27.9 Å². The Bertz CT molecular complexity index is 611. The van der Waals surface area contributed by atoms with Gasteiger partial charge in [-0.25, -0.2) is 0 Å². The molecule has 0 heterocycles. The number of carbonyl (C=O) groups excluding carboxylic acids is 1. The summed E-state index contributed by atoms with van der Waals surface area (Å²) in [5.41, 5.74) is 1.48. The van der Waals surface area contributed by atoms with E-state index in [0.29, 0.717) is 17.9 Å². The molecule has 0 bridgehead atoms. The maximum atomic E-state index is 12.0. The number of aromatic hydroxyl groups is 1. The number of rotatable bonds is 4. The molecule has 0 aliphatic carbocycles. The van der Waals surface area contributed by atoms with Crippen LogP contribution in [0.3, 0.4) is 0 Å². The second kappa shape index (κ2) is 6.60. The number of ether oxygens (including phenoxy) is 1. The minimum atomic E-state index is -0.131. The van der Waals surface area contributed by atoms with Crippen molar-refractivity contribution >= 4 is 28.5 Å². The van der Waals surface area contributed by atoms with Crippen LogP contribution in [-0.4, -0.2) is 18.1 Å². The van der Waals surface area contributed by atoms with Crippen LogP contribution in [0.4, 0.5) is 0 Å². The highest BCUT2D eigenvalue weighted by molar-refractivity contribution is 14.1. The third-order valence-electron chi connectivity index (χ3n) is 2.80. The molecule has 0 spiro atoms. The quantitative estimate of drug-likeness (QED) is 0.799. The van der Waals surface area contributed by atoms with Crippen LogP contribution in [0, 0.1) is 3.57 Å². The average molecular weight is 383 g/mol. The normalized spacial score (nSPS) is 10.1. The van der Waals surface area contributed by atoms with Crippen molar-refractivity contribution in [2.45, 2.75) is 6.54 Å². The van der Waals surface area contributed by atoms with E-state index in [1.807, 2.05) is 12.1 Å². The van der Waals surface area contributed by atoms with Crippen molar-refractivity contribution in [2.75, 3.05) is 7.11 Å². The van der Waals surface area contributed by atoms with E-state index < -0.39 is 0 Å². The van der Waals surface area contributed by atoms with Crippen LogP contribution in [0.25, 0.3) is 0 Å². The summed E-state index contributed by atoms with van der Waals surface area (Å²) in [6.07, 6.45) is 0. The van der Waals surface area contributed by atoms with E-state index in [1.165, 1.54) is 7.11 Å². The summed E-state index contributed by atoms with van der Waals surface area (Å²) in [4.78, 5) is 12.0. The molecule has 0 unspecified atom stereocenters. The molecule has 0 aromatic heterocycles. The number of hydrogen-bond donors (Lipinski definition) is 2. The number of phenols is 1. The van der Waals surface area contributed by atoms with Crippen LogP contribution in [-0.2, 0) is 6.54 Å². The number of phenolic OH excluding ortho intramolecular Hbond substituents is 1. The first-order valence-electron chi connectivity index (χ1n) is 6.00. The van der Waals surface area contributed by atoms with Gasteiger partial charge in [0.05, 0.1) is 7.11 Å². The van der Waals surface area contributed by atoms with E-state index in [4.69, 9.17) is 4.74 Å². The molecule has 2 N–H and O–H groups in total. The van der Waals surface area contributed by atoms with Gasteiger partial charge in [0, 0.05) is 15.7 Å². The largest absolute Gasteiger partial charge is 0.504 e. The fraction of sp³-hybridized carbons (Fsp3) is 0.133. The predicted molar refractivity (Wildman–Crippen MR) is 85.0 cm³/mol. The molecule has 104 valence electrons.